The summed E-state index contributed by atoms with van der Waals surface area (Å²) in [5, 5.41) is 11.3. The summed E-state index contributed by atoms with van der Waals surface area (Å²) in [6.07, 6.45) is 2.51. The third kappa shape index (κ3) is 4.37. The average molecular weight is 291 g/mol. The summed E-state index contributed by atoms with van der Waals surface area (Å²) in [5.74, 6) is -0.920. The van der Waals surface area contributed by atoms with Crippen LogP contribution in [0.1, 0.15) is 24.8 Å². The quantitative estimate of drug-likeness (QED) is 0.537. The van der Waals surface area contributed by atoms with Gasteiger partial charge in [0, 0.05) is 30.9 Å². The monoisotopic (exact) mass is 291 g/mol. The lowest BCUT2D eigenvalue weighted by molar-refractivity contribution is -0.137. The number of nitrogens with two attached hydrogens (primary N) is 1. The molecule has 1 aliphatic rings. The summed E-state index contributed by atoms with van der Waals surface area (Å²) in [5.41, 5.74) is 8.78. The molecule has 1 aromatic rings. The Kier molecular flexibility index (Phi) is 5.03. The van der Waals surface area contributed by atoms with Crippen molar-refractivity contribution in [3.05, 3.63) is 23.8 Å². The number of carbonyl (C=O) groups is 2. The van der Waals surface area contributed by atoms with Gasteiger partial charge in [-0.1, -0.05) is 0 Å². The highest BCUT2D eigenvalue weighted by Gasteiger charge is 2.18. The number of carboxylic acid groups (broad SMARTS) is 1. The van der Waals surface area contributed by atoms with Crippen molar-refractivity contribution >= 4 is 23.3 Å². The van der Waals surface area contributed by atoms with E-state index in [2.05, 4.69) is 5.32 Å². The minimum atomic E-state index is -0.841. The topological polar surface area (TPSA) is 95.7 Å². The Balaban J connectivity index is 1.86. The number of aliphatic carboxylic acids is 1. The molecule has 0 aromatic heterocycles. The molecule has 4 N–H and O–H groups in total. The highest BCUT2D eigenvalue weighted by atomic mass is 16.4. The van der Waals surface area contributed by atoms with Gasteiger partial charge in [-0.15, -0.1) is 0 Å². The first-order valence-corrected chi connectivity index (χ1v) is 7.18. The van der Waals surface area contributed by atoms with E-state index in [1.54, 1.807) is 0 Å². The lowest BCUT2D eigenvalue weighted by Gasteiger charge is -2.30. The fourth-order valence-corrected chi connectivity index (χ4v) is 2.56. The molecule has 6 heteroatoms. The Morgan fingerprint density at radius 3 is 2.95 bits per heavy atom. The Morgan fingerprint density at radius 2 is 2.19 bits per heavy atom. The van der Waals surface area contributed by atoms with Gasteiger partial charge in [0.25, 0.3) is 0 Å². The molecule has 1 heterocycles. The van der Waals surface area contributed by atoms with E-state index in [1.807, 2.05) is 23.1 Å². The Morgan fingerprint density at radius 1 is 1.38 bits per heavy atom. The molecule has 0 radical (unpaired) electrons. The van der Waals surface area contributed by atoms with Crippen LogP contribution in [-0.2, 0) is 16.0 Å². The van der Waals surface area contributed by atoms with Crippen molar-refractivity contribution in [3.63, 3.8) is 0 Å². The molecule has 0 fully saturated rings. The summed E-state index contributed by atoms with van der Waals surface area (Å²) in [4.78, 5) is 24.3. The summed E-state index contributed by atoms with van der Waals surface area (Å²) in [7, 11) is 0. The fourth-order valence-electron chi connectivity index (χ4n) is 2.56. The molecule has 0 saturated carbocycles. The Bertz CT molecular complexity index is 531. The van der Waals surface area contributed by atoms with Crippen molar-refractivity contribution in [2.45, 2.75) is 25.7 Å². The van der Waals surface area contributed by atoms with Gasteiger partial charge < -0.3 is 21.1 Å². The SMILES string of the molecule is Nc1ccc2c(c1)CCCN2CC(=O)NCCCC(=O)O. The van der Waals surface area contributed by atoms with Gasteiger partial charge in [-0.3, -0.25) is 9.59 Å². The van der Waals surface area contributed by atoms with E-state index in [-0.39, 0.29) is 12.3 Å². The maximum atomic E-state index is 11.9. The van der Waals surface area contributed by atoms with Crippen molar-refractivity contribution in [1.29, 1.82) is 0 Å². The number of hydrogen-bond acceptors (Lipinski definition) is 4. The van der Waals surface area contributed by atoms with Gasteiger partial charge in [-0.05, 0) is 43.0 Å². The number of anilines is 2. The van der Waals surface area contributed by atoms with Gasteiger partial charge in [0.1, 0.15) is 0 Å². The van der Waals surface area contributed by atoms with E-state index in [0.717, 1.165) is 30.8 Å². The number of benzene rings is 1. The van der Waals surface area contributed by atoms with Crippen LogP contribution < -0.4 is 16.0 Å². The molecule has 6 nitrogen and oxygen atoms in total. The van der Waals surface area contributed by atoms with E-state index in [9.17, 15) is 9.59 Å². The normalized spacial score (nSPS) is 13.6. The van der Waals surface area contributed by atoms with E-state index >= 15 is 0 Å². The second kappa shape index (κ2) is 6.97. The number of rotatable bonds is 6. The molecule has 114 valence electrons. The largest absolute Gasteiger partial charge is 0.481 e. The molecule has 0 bridgehead atoms. The highest BCUT2D eigenvalue weighted by Crippen LogP contribution is 2.28. The zero-order valence-corrected chi connectivity index (χ0v) is 12.0. The summed E-state index contributed by atoms with van der Waals surface area (Å²) in [6, 6.07) is 5.77. The van der Waals surface area contributed by atoms with E-state index in [4.69, 9.17) is 10.8 Å². The Labute approximate surface area is 123 Å². The van der Waals surface area contributed by atoms with Crippen LogP contribution in [0.25, 0.3) is 0 Å². The van der Waals surface area contributed by atoms with Crippen molar-refractivity contribution in [2.24, 2.45) is 0 Å². The average Bonchev–Trinajstić information content (AvgIpc) is 2.43. The molecule has 0 unspecified atom stereocenters. The van der Waals surface area contributed by atoms with Crippen LogP contribution >= 0.6 is 0 Å². The third-order valence-corrected chi connectivity index (χ3v) is 3.54. The summed E-state index contributed by atoms with van der Waals surface area (Å²) >= 11 is 0. The number of carboxylic acids is 1. The maximum absolute atomic E-state index is 11.9. The number of fused-ring (bicyclic) bond motifs is 1. The molecule has 0 atom stereocenters. The van der Waals surface area contributed by atoms with E-state index < -0.39 is 5.97 Å². The predicted octanol–water partition coefficient (Wildman–Crippen LogP) is 1.00. The van der Waals surface area contributed by atoms with Crippen molar-refractivity contribution in [1.82, 2.24) is 5.32 Å². The van der Waals surface area contributed by atoms with E-state index in [1.165, 1.54) is 5.56 Å². The summed E-state index contributed by atoms with van der Waals surface area (Å²) in [6.45, 7) is 1.54. The van der Waals surface area contributed by atoms with Crippen LogP contribution in [0.5, 0.6) is 0 Å². The molecule has 0 saturated heterocycles. The zero-order valence-electron chi connectivity index (χ0n) is 12.0. The van der Waals surface area contributed by atoms with Crippen molar-refractivity contribution in [3.8, 4) is 0 Å². The molecule has 2 rings (SSSR count). The van der Waals surface area contributed by atoms with E-state index in [0.29, 0.717) is 19.5 Å². The highest BCUT2D eigenvalue weighted by molar-refractivity contribution is 5.82. The first-order valence-electron chi connectivity index (χ1n) is 7.18. The van der Waals surface area contributed by atoms with Crippen molar-refractivity contribution in [2.75, 3.05) is 30.3 Å². The molecular formula is C15H21N3O3. The number of hydrogen-bond donors (Lipinski definition) is 3. The van der Waals surface area contributed by atoms with Crippen LogP contribution in [0, 0.1) is 0 Å². The smallest absolute Gasteiger partial charge is 0.303 e. The van der Waals surface area contributed by atoms with Gasteiger partial charge in [0.2, 0.25) is 5.91 Å². The van der Waals surface area contributed by atoms with Gasteiger partial charge >= 0.3 is 5.97 Å². The molecular weight excluding hydrogens is 270 g/mol. The summed E-state index contributed by atoms with van der Waals surface area (Å²) < 4.78 is 0. The molecule has 1 aromatic carbocycles. The lowest BCUT2D eigenvalue weighted by Crippen LogP contribution is -2.40. The Hall–Kier alpha value is -2.24. The molecule has 0 aliphatic carbocycles. The number of nitrogen functional groups attached to an aromatic ring is 1. The molecule has 21 heavy (non-hydrogen) atoms. The van der Waals surface area contributed by atoms with Crippen LogP contribution in [0.15, 0.2) is 18.2 Å². The second-order valence-corrected chi connectivity index (χ2v) is 5.26. The van der Waals surface area contributed by atoms with Crippen LogP contribution in [0.3, 0.4) is 0 Å². The maximum Gasteiger partial charge on any atom is 0.303 e. The number of aryl methyl sites for hydroxylation is 1. The first kappa shape index (κ1) is 15.2. The van der Waals surface area contributed by atoms with Crippen LogP contribution in [0.4, 0.5) is 11.4 Å². The number of amides is 1. The first-order chi connectivity index (χ1) is 10.1. The molecule has 1 amide bonds. The second-order valence-electron chi connectivity index (χ2n) is 5.26. The molecule has 0 spiro atoms. The minimum Gasteiger partial charge on any atom is -0.481 e. The standard InChI is InChI=1S/C15H21N3O3/c16-12-5-6-13-11(9-12)3-2-8-18(13)10-14(19)17-7-1-4-15(20)21/h5-6,9H,1-4,7-8,10,16H2,(H,17,19)(H,20,21). The van der Waals surface area contributed by atoms with Crippen molar-refractivity contribution < 1.29 is 14.7 Å². The number of nitrogens with zero attached hydrogens (tertiary/aromatic N) is 1. The van der Waals surface area contributed by atoms with Crippen LogP contribution in [0.2, 0.25) is 0 Å². The minimum absolute atomic E-state index is 0.0755. The predicted molar refractivity (Wildman–Crippen MR) is 81.3 cm³/mol. The van der Waals surface area contributed by atoms with Gasteiger partial charge in [0.05, 0.1) is 6.54 Å². The fraction of sp³-hybridized carbons (Fsp3) is 0.467. The van der Waals surface area contributed by atoms with Gasteiger partial charge in [-0.2, -0.15) is 0 Å². The number of carbonyl (C=O) groups excluding carboxylic acids is 1. The lowest BCUT2D eigenvalue weighted by atomic mass is 10.0. The van der Waals surface area contributed by atoms with Crippen LogP contribution in [-0.4, -0.2) is 36.6 Å². The van der Waals surface area contributed by atoms with Gasteiger partial charge in [-0.25, -0.2) is 0 Å². The third-order valence-electron chi connectivity index (χ3n) is 3.54. The number of nitrogens with one attached hydrogen (secondary N) is 1. The van der Waals surface area contributed by atoms with Gasteiger partial charge in [0.15, 0.2) is 0 Å². The molecule has 1 aliphatic heterocycles. The zero-order chi connectivity index (χ0) is 15.2.